The molecule has 2 heterocycles. The molecule has 2 aromatic carbocycles. The summed E-state index contributed by atoms with van der Waals surface area (Å²) in [4.78, 5) is 12.6. The van der Waals surface area contributed by atoms with E-state index in [2.05, 4.69) is 22.3 Å². The molecule has 0 N–H and O–H groups in total. The summed E-state index contributed by atoms with van der Waals surface area (Å²) in [6.45, 7) is 5.87. The monoisotopic (exact) mass is 403 g/mol. The Kier molecular flexibility index (Phi) is 5.35. The highest BCUT2D eigenvalue weighted by Crippen LogP contribution is 2.34. The molecule has 7 heteroatoms. The minimum Gasteiger partial charge on any atom is -0.497 e. The Morgan fingerprint density at radius 2 is 1.93 bits per heavy atom. The van der Waals surface area contributed by atoms with E-state index in [-0.39, 0.29) is 11.9 Å². The second kappa shape index (κ2) is 8.10. The normalized spacial score (nSPS) is 15.9. The highest BCUT2D eigenvalue weighted by atomic mass is 16.5. The van der Waals surface area contributed by atoms with Gasteiger partial charge < -0.3 is 4.74 Å². The van der Waals surface area contributed by atoms with Crippen LogP contribution in [0, 0.1) is 13.8 Å². The van der Waals surface area contributed by atoms with Crippen molar-refractivity contribution < 1.29 is 9.53 Å². The fourth-order valence-electron chi connectivity index (χ4n) is 3.68. The molecule has 1 aromatic heterocycles. The van der Waals surface area contributed by atoms with Gasteiger partial charge in [0.05, 0.1) is 30.2 Å². The van der Waals surface area contributed by atoms with E-state index in [1.165, 1.54) is 5.56 Å². The second-order valence-electron chi connectivity index (χ2n) is 7.41. The van der Waals surface area contributed by atoms with E-state index in [1.807, 2.05) is 67.1 Å². The van der Waals surface area contributed by atoms with Crippen LogP contribution in [0.15, 0.2) is 53.6 Å². The summed E-state index contributed by atoms with van der Waals surface area (Å²) in [6.07, 6.45) is 0.957. The van der Waals surface area contributed by atoms with Gasteiger partial charge in [-0.1, -0.05) is 42.0 Å². The lowest BCUT2D eigenvalue weighted by Crippen LogP contribution is -2.26. The van der Waals surface area contributed by atoms with Gasteiger partial charge in [0.2, 0.25) is 5.91 Å². The predicted molar refractivity (Wildman–Crippen MR) is 115 cm³/mol. The maximum atomic E-state index is 12.6. The smallest absolute Gasteiger partial charge is 0.242 e. The van der Waals surface area contributed by atoms with Crippen LogP contribution in [0.4, 0.5) is 0 Å². The van der Waals surface area contributed by atoms with Crippen LogP contribution in [-0.2, 0) is 4.79 Å². The molecule has 1 amide bonds. The van der Waals surface area contributed by atoms with Gasteiger partial charge in [-0.05, 0) is 43.7 Å². The second-order valence-corrected chi connectivity index (χ2v) is 7.41. The number of hydrazone groups is 1. The predicted octanol–water partition coefficient (Wildman–Crippen LogP) is 3.98. The molecule has 0 fully saturated rings. The molecule has 0 radical (unpaired) electrons. The molecule has 0 saturated heterocycles. The fourth-order valence-corrected chi connectivity index (χ4v) is 3.68. The summed E-state index contributed by atoms with van der Waals surface area (Å²) < 4.78 is 7.17. The third-order valence-corrected chi connectivity index (χ3v) is 5.39. The Labute approximate surface area is 176 Å². The number of hydrogen-bond donors (Lipinski definition) is 0. The van der Waals surface area contributed by atoms with E-state index in [4.69, 9.17) is 4.74 Å². The average Bonchev–Trinajstić information content (AvgIpc) is 3.38. The van der Waals surface area contributed by atoms with E-state index in [0.29, 0.717) is 12.8 Å². The van der Waals surface area contributed by atoms with E-state index in [9.17, 15) is 4.79 Å². The average molecular weight is 403 g/mol. The Bertz CT molecular complexity index is 1100. The molecular weight excluding hydrogens is 378 g/mol. The maximum absolute atomic E-state index is 12.6. The number of aromatic nitrogens is 3. The lowest BCUT2D eigenvalue weighted by molar-refractivity contribution is -0.132. The fraction of sp³-hybridized carbons (Fsp3) is 0.304. The lowest BCUT2D eigenvalue weighted by Gasteiger charge is -2.21. The zero-order chi connectivity index (χ0) is 21.3. The molecule has 0 bridgehead atoms. The molecule has 1 aliphatic rings. The van der Waals surface area contributed by atoms with Crippen molar-refractivity contribution in [2.24, 2.45) is 5.10 Å². The number of carbonyl (C=O) groups excluding carboxylic acids is 1. The minimum absolute atomic E-state index is 0.0265. The minimum atomic E-state index is -0.188. The van der Waals surface area contributed by atoms with Crippen molar-refractivity contribution in [2.75, 3.05) is 7.11 Å². The van der Waals surface area contributed by atoms with Gasteiger partial charge in [0.25, 0.3) is 0 Å². The van der Waals surface area contributed by atoms with E-state index in [0.717, 1.165) is 34.1 Å². The first-order valence-electron chi connectivity index (χ1n) is 10.0. The molecule has 4 rings (SSSR count). The van der Waals surface area contributed by atoms with Crippen LogP contribution in [0.25, 0.3) is 5.69 Å². The molecule has 1 unspecified atom stereocenters. The quantitative estimate of drug-likeness (QED) is 0.646. The van der Waals surface area contributed by atoms with Crippen LogP contribution in [0.1, 0.15) is 48.3 Å². The first kappa shape index (κ1) is 19.8. The van der Waals surface area contributed by atoms with Crippen molar-refractivity contribution in [3.63, 3.8) is 0 Å². The topological polar surface area (TPSA) is 72.6 Å². The number of carbonyl (C=O) groups is 1. The summed E-state index contributed by atoms with van der Waals surface area (Å²) in [5, 5.41) is 15.0. The number of nitrogens with zero attached hydrogens (tertiary/aromatic N) is 5. The highest BCUT2D eigenvalue weighted by Gasteiger charge is 2.34. The molecule has 154 valence electrons. The molecule has 1 atom stereocenters. The zero-order valence-electron chi connectivity index (χ0n) is 17.7. The third-order valence-electron chi connectivity index (χ3n) is 5.39. The number of methoxy groups -OCH3 is 1. The largest absolute Gasteiger partial charge is 0.497 e. The molecule has 30 heavy (non-hydrogen) atoms. The zero-order valence-corrected chi connectivity index (χ0v) is 17.7. The van der Waals surface area contributed by atoms with Gasteiger partial charge >= 0.3 is 0 Å². The molecular formula is C23H25N5O2. The number of amides is 1. The van der Waals surface area contributed by atoms with Gasteiger partial charge in [-0.2, -0.15) is 5.10 Å². The molecule has 3 aromatic rings. The van der Waals surface area contributed by atoms with Crippen molar-refractivity contribution >= 4 is 11.6 Å². The Hall–Kier alpha value is -3.48. The van der Waals surface area contributed by atoms with Crippen LogP contribution in [0.5, 0.6) is 5.75 Å². The Morgan fingerprint density at radius 3 is 2.63 bits per heavy atom. The van der Waals surface area contributed by atoms with Crippen molar-refractivity contribution in [1.29, 1.82) is 0 Å². The first-order chi connectivity index (χ1) is 14.5. The van der Waals surface area contributed by atoms with Crippen molar-refractivity contribution in [1.82, 2.24) is 20.0 Å². The van der Waals surface area contributed by atoms with Crippen LogP contribution >= 0.6 is 0 Å². The van der Waals surface area contributed by atoms with Crippen molar-refractivity contribution in [2.45, 2.75) is 39.7 Å². The summed E-state index contributed by atoms with van der Waals surface area (Å²) in [6, 6.07) is 15.7. The SMILES string of the molecule is CCC(=O)N1N=C(c2nnn(-c3ccc(C)cc3)c2C)CC1c1cccc(OC)c1. The van der Waals surface area contributed by atoms with Gasteiger partial charge in [-0.25, -0.2) is 9.69 Å². The van der Waals surface area contributed by atoms with Crippen molar-refractivity contribution in [3.8, 4) is 11.4 Å². The summed E-state index contributed by atoms with van der Waals surface area (Å²) >= 11 is 0. The van der Waals surface area contributed by atoms with Gasteiger partial charge in [0.15, 0.2) is 0 Å². The summed E-state index contributed by atoms with van der Waals surface area (Å²) in [5.41, 5.74) is 5.50. The number of ether oxygens (including phenoxy) is 1. The Balaban J connectivity index is 1.69. The van der Waals surface area contributed by atoms with Gasteiger partial charge in [-0.15, -0.1) is 5.10 Å². The standard InChI is InChI=1S/C23H25N5O2/c1-5-22(29)28-21(17-7-6-8-19(13-17)30-4)14-20(25-28)23-16(3)27(26-24-23)18-11-9-15(2)10-12-18/h6-13,21H,5,14H2,1-4H3. The third kappa shape index (κ3) is 3.58. The molecule has 0 aliphatic carbocycles. The van der Waals surface area contributed by atoms with E-state index < -0.39 is 0 Å². The van der Waals surface area contributed by atoms with Crippen molar-refractivity contribution in [3.05, 3.63) is 71.0 Å². The van der Waals surface area contributed by atoms with E-state index >= 15 is 0 Å². The van der Waals surface area contributed by atoms with Gasteiger partial charge in [0, 0.05) is 12.8 Å². The number of rotatable bonds is 5. The first-order valence-corrected chi connectivity index (χ1v) is 10.0. The molecule has 0 saturated carbocycles. The molecule has 0 spiro atoms. The summed E-state index contributed by atoms with van der Waals surface area (Å²) in [5.74, 6) is 0.729. The molecule has 1 aliphatic heterocycles. The number of benzene rings is 2. The van der Waals surface area contributed by atoms with Gasteiger partial charge in [0.1, 0.15) is 11.4 Å². The van der Waals surface area contributed by atoms with Crippen LogP contribution in [0.3, 0.4) is 0 Å². The number of hydrogen-bond acceptors (Lipinski definition) is 5. The van der Waals surface area contributed by atoms with Crippen LogP contribution in [-0.4, -0.2) is 38.7 Å². The van der Waals surface area contributed by atoms with Crippen LogP contribution in [0.2, 0.25) is 0 Å². The lowest BCUT2D eigenvalue weighted by atomic mass is 9.99. The maximum Gasteiger partial charge on any atom is 0.242 e. The molecule has 7 nitrogen and oxygen atoms in total. The summed E-state index contributed by atoms with van der Waals surface area (Å²) in [7, 11) is 1.64. The highest BCUT2D eigenvalue weighted by molar-refractivity contribution is 6.02. The number of aryl methyl sites for hydroxylation is 1. The van der Waals surface area contributed by atoms with Gasteiger partial charge in [-0.3, -0.25) is 4.79 Å². The Morgan fingerprint density at radius 1 is 1.17 bits per heavy atom. The van der Waals surface area contributed by atoms with Crippen LogP contribution < -0.4 is 4.74 Å². The van der Waals surface area contributed by atoms with E-state index in [1.54, 1.807) is 12.1 Å².